The van der Waals surface area contributed by atoms with Crippen LogP contribution in [0.15, 0.2) is 24.3 Å². The summed E-state index contributed by atoms with van der Waals surface area (Å²) in [5.74, 6) is -0.0697. The van der Waals surface area contributed by atoms with E-state index in [2.05, 4.69) is 0 Å². The van der Waals surface area contributed by atoms with Crippen LogP contribution in [-0.4, -0.2) is 64.4 Å². The van der Waals surface area contributed by atoms with E-state index in [1.165, 1.54) is 12.1 Å². The van der Waals surface area contributed by atoms with Crippen molar-refractivity contribution in [2.24, 2.45) is 0 Å². The minimum Gasteiger partial charge on any atom is -0.466 e. The molecule has 1 spiro atoms. The summed E-state index contributed by atoms with van der Waals surface area (Å²) in [7, 11) is 0. The van der Waals surface area contributed by atoms with Crippen LogP contribution >= 0.6 is 11.8 Å². The third kappa shape index (κ3) is 5.34. The predicted octanol–water partition coefficient (Wildman–Crippen LogP) is 3.56. The van der Waals surface area contributed by atoms with E-state index in [1.807, 2.05) is 0 Å². The molecule has 170 valence electrons. The van der Waals surface area contributed by atoms with Crippen LogP contribution < -0.4 is 0 Å². The zero-order chi connectivity index (χ0) is 22.6. The van der Waals surface area contributed by atoms with Crippen LogP contribution in [-0.2, 0) is 20.5 Å². The predicted molar refractivity (Wildman–Crippen MR) is 109 cm³/mol. The Morgan fingerprint density at radius 2 is 1.71 bits per heavy atom. The van der Waals surface area contributed by atoms with Crippen LogP contribution in [0.2, 0.25) is 0 Å². The normalized spacial score (nSPS) is 18.3. The van der Waals surface area contributed by atoms with Gasteiger partial charge in [0.1, 0.15) is 0 Å². The second kappa shape index (κ2) is 9.50. The summed E-state index contributed by atoms with van der Waals surface area (Å²) < 4.78 is 43.2. The van der Waals surface area contributed by atoms with Crippen molar-refractivity contribution in [2.75, 3.05) is 32.0 Å². The van der Waals surface area contributed by atoms with E-state index in [9.17, 15) is 27.6 Å². The summed E-state index contributed by atoms with van der Waals surface area (Å²) in [6.07, 6.45) is -3.15. The SMILES string of the molecule is CCOC(=O)CCC(=O)N1CCC2(CC1)SCCN2C(=O)c1ccc(C(F)(F)F)cc1. The molecule has 1 aromatic rings. The molecule has 0 N–H and O–H groups in total. The van der Waals surface area contributed by atoms with Gasteiger partial charge in [0.15, 0.2) is 0 Å². The monoisotopic (exact) mass is 458 g/mol. The first-order valence-electron chi connectivity index (χ1n) is 10.2. The smallest absolute Gasteiger partial charge is 0.416 e. The first-order chi connectivity index (χ1) is 14.7. The first kappa shape index (κ1) is 23.4. The second-order valence-corrected chi connectivity index (χ2v) is 8.97. The van der Waals surface area contributed by atoms with Gasteiger partial charge < -0.3 is 14.5 Å². The van der Waals surface area contributed by atoms with Gasteiger partial charge in [-0.2, -0.15) is 13.2 Å². The maximum Gasteiger partial charge on any atom is 0.416 e. The molecule has 3 rings (SSSR count). The average Bonchev–Trinajstić information content (AvgIpc) is 3.14. The van der Waals surface area contributed by atoms with Crippen molar-refractivity contribution in [1.82, 2.24) is 9.80 Å². The Hall–Kier alpha value is -2.23. The number of ether oxygens (including phenoxy) is 1. The molecule has 1 aromatic carbocycles. The van der Waals surface area contributed by atoms with E-state index in [-0.39, 0.29) is 36.8 Å². The highest BCUT2D eigenvalue weighted by Crippen LogP contribution is 2.44. The first-order valence-corrected chi connectivity index (χ1v) is 11.2. The van der Waals surface area contributed by atoms with Gasteiger partial charge in [-0.3, -0.25) is 14.4 Å². The van der Waals surface area contributed by atoms with E-state index in [0.717, 1.165) is 17.9 Å². The fourth-order valence-corrected chi connectivity index (χ4v) is 5.43. The van der Waals surface area contributed by atoms with Crippen LogP contribution in [0.4, 0.5) is 13.2 Å². The Morgan fingerprint density at radius 1 is 1.06 bits per heavy atom. The Balaban J connectivity index is 1.61. The molecule has 0 radical (unpaired) electrons. The van der Waals surface area contributed by atoms with Crippen LogP contribution in [0.5, 0.6) is 0 Å². The van der Waals surface area contributed by atoms with Crippen molar-refractivity contribution in [2.45, 2.75) is 43.7 Å². The van der Waals surface area contributed by atoms with E-state index in [0.29, 0.717) is 32.5 Å². The van der Waals surface area contributed by atoms with Crippen molar-refractivity contribution in [1.29, 1.82) is 0 Å². The quantitative estimate of drug-likeness (QED) is 0.632. The number of hydrogen-bond donors (Lipinski definition) is 0. The van der Waals surface area contributed by atoms with Gasteiger partial charge in [-0.25, -0.2) is 0 Å². The number of halogens is 3. The van der Waals surface area contributed by atoms with Crippen LogP contribution in [0.3, 0.4) is 0 Å². The maximum atomic E-state index is 13.0. The van der Waals surface area contributed by atoms with Crippen LogP contribution in [0, 0.1) is 0 Å². The number of likely N-dealkylation sites (tertiary alicyclic amines) is 1. The van der Waals surface area contributed by atoms with Gasteiger partial charge in [0.2, 0.25) is 5.91 Å². The van der Waals surface area contributed by atoms with Gasteiger partial charge in [0, 0.05) is 37.4 Å². The Bertz CT molecular complexity index is 821. The second-order valence-electron chi connectivity index (χ2n) is 7.51. The summed E-state index contributed by atoms with van der Waals surface area (Å²) in [6.45, 7) is 3.43. The minimum absolute atomic E-state index is 0.0433. The Morgan fingerprint density at radius 3 is 2.29 bits per heavy atom. The topological polar surface area (TPSA) is 66.9 Å². The molecule has 2 aliphatic rings. The van der Waals surface area contributed by atoms with Crippen LogP contribution in [0.1, 0.15) is 48.5 Å². The third-order valence-electron chi connectivity index (χ3n) is 5.63. The molecule has 2 aliphatic heterocycles. The Kier molecular flexibility index (Phi) is 7.18. The lowest BCUT2D eigenvalue weighted by Gasteiger charge is -2.44. The van der Waals surface area contributed by atoms with Crippen molar-refractivity contribution in [3.05, 3.63) is 35.4 Å². The molecule has 2 saturated heterocycles. The number of thioether (sulfide) groups is 1. The van der Waals surface area contributed by atoms with E-state index in [4.69, 9.17) is 4.74 Å². The summed E-state index contributed by atoms with van der Waals surface area (Å²) >= 11 is 1.66. The minimum atomic E-state index is -4.45. The lowest BCUT2D eigenvalue weighted by molar-refractivity contribution is -0.146. The largest absolute Gasteiger partial charge is 0.466 e. The number of amides is 2. The highest BCUT2D eigenvalue weighted by atomic mass is 32.2. The molecule has 2 heterocycles. The molecule has 0 aromatic heterocycles. The molecular formula is C21H25F3N2O4S. The molecular weight excluding hydrogens is 433 g/mol. The van der Waals surface area contributed by atoms with Crippen molar-refractivity contribution < 1.29 is 32.3 Å². The molecule has 2 fully saturated rings. The van der Waals surface area contributed by atoms with Gasteiger partial charge in [0.25, 0.3) is 5.91 Å². The average molecular weight is 459 g/mol. The summed E-state index contributed by atoms with van der Waals surface area (Å²) in [6, 6.07) is 4.29. The highest BCUT2D eigenvalue weighted by Gasteiger charge is 2.47. The van der Waals surface area contributed by atoms with Gasteiger partial charge in [-0.1, -0.05) is 0 Å². The fourth-order valence-electron chi connectivity index (χ4n) is 3.97. The molecule has 0 saturated carbocycles. The fraction of sp³-hybridized carbons (Fsp3) is 0.571. The van der Waals surface area contributed by atoms with Gasteiger partial charge in [-0.15, -0.1) is 11.8 Å². The highest BCUT2D eigenvalue weighted by molar-refractivity contribution is 8.00. The number of hydrogen-bond acceptors (Lipinski definition) is 5. The molecule has 0 bridgehead atoms. The molecule has 0 aliphatic carbocycles. The maximum absolute atomic E-state index is 13.0. The lowest BCUT2D eigenvalue weighted by Crippen LogP contribution is -2.53. The number of carbonyl (C=O) groups excluding carboxylic acids is 3. The summed E-state index contributed by atoms with van der Waals surface area (Å²) in [5.41, 5.74) is -0.563. The third-order valence-corrected chi connectivity index (χ3v) is 7.18. The number of esters is 1. The number of benzene rings is 1. The number of piperidine rings is 1. The van der Waals surface area contributed by atoms with Gasteiger partial charge in [-0.05, 0) is 44.0 Å². The number of nitrogens with zero attached hydrogens (tertiary/aromatic N) is 2. The standard InChI is InChI=1S/C21H25F3N2O4S/c1-2-30-18(28)8-7-17(27)25-11-9-20(10-12-25)26(13-14-31-20)19(29)15-3-5-16(6-4-15)21(22,23)24/h3-6H,2,7-14H2,1H3. The lowest BCUT2D eigenvalue weighted by atomic mass is 10.00. The van der Waals surface area contributed by atoms with Crippen LogP contribution in [0.25, 0.3) is 0 Å². The molecule has 6 nitrogen and oxygen atoms in total. The van der Waals surface area contributed by atoms with E-state index < -0.39 is 22.6 Å². The number of carbonyl (C=O) groups is 3. The van der Waals surface area contributed by atoms with E-state index >= 15 is 0 Å². The molecule has 31 heavy (non-hydrogen) atoms. The number of rotatable bonds is 5. The number of alkyl halides is 3. The zero-order valence-electron chi connectivity index (χ0n) is 17.2. The summed E-state index contributed by atoms with van der Waals surface area (Å²) in [4.78, 5) is 39.9. The zero-order valence-corrected chi connectivity index (χ0v) is 18.1. The molecule has 0 unspecified atom stereocenters. The van der Waals surface area contributed by atoms with Crippen molar-refractivity contribution in [3.63, 3.8) is 0 Å². The molecule has 10 heteroatoms. The Labute approximate surface area is 183 Å². The molecule has 2 amide bonds. The van der Waals surface area contributed by atoms with E-state index in [1.54, 1.807) is 28.5 Å². The van der Waals surface area contributed by atoms with Crippen molar-refractivity contribution >= 4 is 29.5 Å². The van der Waals surface area contributed by atoms with Gasteiger partial charge >= 0.3 is 12.1 Å². The molecule has 0 atom stereocenters. The summed E-state index contributed by atoms with van der Waals surface area (Å²) in [5, 5.41) is 0. The van der Waals surface area contributed by atoms with Crippen molar-refractivity contribution in [3.8, 4) is 0 Å². The van der Waals surface area contributed by atoms with Gasteiger partial charge in [0.05, 0.1) is 23.5 Å².